The van der Waals surface area contributed by atoms with Crippen molar-refractivity contribution in [1.82, 2.24) is 9.88 Å². The van der Waals surface area contributed by atoms with Crippen LogP contribution in [0.1, 0.15) is 55.5 Å². The van der Waals surface area contributed by atoms with Crippen molar-refractivity contribution in [2.24, 2.45) is 5.92 Å². The maximum absolute atomic E-state index is 13.0. The van der Waals surface area contributed by atoms with Gasteiger partial charge < -0.3 is 9.64 Å². The molecule has 1 spiro atoms. The minimum Gasteiger partial charge on any atom is -0.458 e. The van der Waals surface area contributed by atoms with Gasteiger partial charge in [0.05, 0.1) is 24.6 Å². The highest BCUT2D eigenvalue weighted by molar-refractivity contribution is 5.87. The van der Waals surface area contributed by atoms with E-state index < -0.39 is 5.60 Å². The van der Waals surface area contributed by atoms with Crippen molar-refractivity contribution < 1.29 is 14.3 Å². The van der Waals surface area contributed by atoms with E-state index in [1.165, 1.54) is 0 Å². The van der Waals surface area contributed by atoms with Crippen LogP contribution in [-0.4, -0.2) is 34.4 Å². The van der Waals surface area contributed by atoms with Gasteiger partial charge >= 0.3 is 5.97 Å². The lowest BCUT2D eigenvalue weighted by atomic mass is 9.75. The monoisotopic (exact) mass is 330 g/mol. The molecule has 2 fully saturated rings. The van der Waals surface area contributed by atoms with Crippen molar-refractivity contribution in [3.05, 3.63) is 29.1 Å². The van der Waals surface area contributed by atoms with Crippen molar-refractivity contribution in [2.45, 2.75) is 64.5 Å². The maximum Gasteiger partial charge on any atom is 0.307 e. The van der Waals surface area contributed by atoms with Crippen LogP contribution < -0.4 is 0 Å². The van der Waals surface area contributed by atoms with Crippen LogP contribution in [0.4, 0.5) is 0 Å². The molecule has 1 aliphatic heterocycles. The van der Waals surface area contributed by atoms with Gasteiger partial charge in [0, 0.05) is 12.7 Å². The number of aromatic nitrogens is 1. The molecule has 0 N–H and O–H groups in total. The zero-order valence-corrected chi connectivity index (χ0v) is 14.8. The largest absolute Gasteiger partial charge is 0.458 e. The van der Waals surface area contributed by atoms with Crippen molar-refractivity contribution in [3.8, 4) is 0 Å². The molecule has 1 amide bonds. The number of carbonyl (C=O) groups is 2. The summed E-state index contributed by atoms with van der Waals surface area (Å²) in [4.78, 5) is 31.1. The first kappa shape index (κ1) is 16.9. The SMILES string of the molecule is Cc1cc(C)nc(CN(C)C(=O)[C@@H]2CC(=O)OC23CCCCC3)c1. The van der Waals surface area contributed by atoms with Crippen molar-refractivity contribution >= 4 is 11.9 Å². The van der Waals surface area contributed by atoms with Crippen LogP contribution in [0.3, 0.4) is 0 Å². The molecule has 1 saturated heterocycles. The topological polar surface area (TPSA) is 59.5 Å². The number of esters is 1. The molecular formula is C19H26N2O3. The second-order valence-electron chi connectivity index (χ2n) is 7.33. The quantitative estimate of drug-likeness (QED) is 0.800. The van der Waals surface area contributed by atoms with Crippen LogP contribution >= 0.6 is 0 Å². The van der Waals surface area contributed by atoms with Gasteiger partial charge in [-0.05, 0) is 57.2 Å². The van der Waals surface area contributed by atoms with Gasteiger partial charge in [0.15, 0.2) is 0 Å². The fourth-order valence-corrected chi connectivity index (χ4v) is 4.20. The second kappa shape index (κ2) is 6.54. The lowest BCUT2D eigenvalue weighted by molar-refractivity contribution is -0.155. The summed E-state index contributed by atoms with van der Waals surface area (Å²) in [5.74, 6) is -0.571. The zero-order chi connectivity index (χ0) is 17.3. The van der Waals surface area contributed by atoms with Crippen LogP contribution in [0, 0.1) is 19.8 Å². The highest BCUT2D eigenvalue weighted by atomic mass is 16.6. The van der Waals surface area contributed by atoms with E-state index in [4.69, 9.17) is 4.74 Å². The summed E-state index contributed by atoms with van der Waals surface area (Å²) in [7, 11) is 1.79. The van der Waals surface area contributed by atoms with Gasteiger partial charge in [0.2, 0.25) is 5.91 Å². The zero-order valence-electron chi connectivity index (χ0n) is 14.8. The molecule has 1 atom stereocenters. The summed E-state index contributed by atoms with van der Waals surface area (Å²) in [5, 5.41) is 0. The number of rotatable bonds is 3. The van der Waals surface area contributed by atoms with Gasteiger partial charge in [0.1, 0.15) is 5.60 Å². The average Bonchev–Trinajstić information content (AvgIpc) is 2.82. The number of hydrogen-bond acceptors (Lipinski definition) is 4. The molecule has 5 nitrogen and oxygen atoms in total. The number of hydrogen-bond donors (Lipinski definition) is 0. The number of aryl methyl sites for hydroxylation is 2. The van der Waals surface area contributed by atoms with Gasteiger partial charge in [0.25, 0.3) is 0 Å². The second-order valence-corrected chi connectivity index (χ2v) is 7.33. The van der Waals surface area contributed by atoms with E-state index in [1.807, 2.05) is 26.0 Å². The maximum atomic E-state index is 13.0. The van der Waals surface area contributed by atoms with Gasteiger partial charge in [-0.1, -0.05) is 6.42 Å². The first-order valence-electron chi connectivity index (χ1n) is 8.81. The number of nitrogens with zero attached hydrogens (tertiary/aromatic N) is 2. The fraction of sp³-hybridized carbons (Fsp3) is 0.632. The van der Waals surface area contributed by atoms with E-state index in [0.29, 0.717) is 6.54 Å². The summed E-state index contributed by atoms with van der Waals surface area (Å²) in [6, 6.07) is 4.02. The third kappa shape index (κ3) is 3.30. The number of amides is 1. The Hall–Kier alpha value is -1.91. The molecule has 0 radical (unpaired) electrons. The Balaban J connectivity index is 1.75. The van der Waals surface area contributed by atoms with Crippen LogP contribution in [-0.2, 0) is 20.9 Å². The molecule has 1 aromatic heterocycles. The molecule has 1 saturated carbocycles. The molecule has 0 unspecified atom stereocenters. The van der Waals surface area contributed by atoms with Crippen LogP contribution in [0.15, 0.2) is 12.1 Å². The molecule has 5 heteroatoms. The van der Waals surface area contributed by atoms with E-state index in [-0.39, 0.29) is 24.2 Å². The van der Waals surface area contributed by atoms with E-state index in [0.717, 1.165) is 49.1 Å². The predicted octanol–water partition coefficient (Wildman–Crippen LogP) is 2.92. The molecule has 1 aromatic rings. The van der Waals surface area contributed by atoms with E-state index in [9.17, 15) is 9.59 Å². The van der Waals surface area contributed by atoms with Gasteiger partial charge in [-0.2, -0.15) is 0 Å². The highest BCUT2D eigenvalue weighted by Gasteiger charge is 2.53. The normalized spacial score (nSPS) is 22.5. The Morgan fingerprint density at radius 1 is 1.29 bits per heavy atom. The fourth-order valence-electron chi connectivity index (χ4n) is 4.20. The van der Waals surface area contributed by atoms with E-state index in [1.54, 1.807) is 11.9 Å². The standard InChI is InChI=1S/C19H26N2O3/c1-13-9-14(2)20-15(10-13)12-21(3)18(23)16-11-17(22)24-19(16)7-5-4-6-8-19/h9-10,16H,4-8,11-12H2,1-3H3/t16-/m0/s1. The third-order valence-corrected chi connectivity index (χ3v) is 5.25. The van der Waals surface area contributed by atoms with Gasteiger partial charge in [-0.25, -0.2) is 0 Å². The van der Waals surface area contributed by atoms with Crippen LogP contribution in [0.25, 0.3) is 0 Å². The molecule has 2 heterocycles. The van der Waals surface area contributed by atoms with Crippen molar-refractivity contribution in [2.75, 3.05) is 7.05 Å². The third-order valence-electron chi connectivity index (χ3n) is 5.25. The van der Waals surface area contributed by atoms with Gasteiger partial charge in [-0.3, -0.25) is 14.6 Å². The minimum atomic E-state index is -0.559. The molecule has 3 rings (SSSR count). The Kier molecular flexibility index (Phi) is 4.61. The highest BCUT2D eigenvalue weighted by Crippen LogP contribution is 2.44. The molecule has 1 aliphatic carbocycles. The van der Waals surface area contributed by atoms with Crippen LogP contribution in [0.5, 0.6) is 0 Å². The Bertz CT molecular complexity index is 630. The average molecular weight is 330 g/mol. The Morgan fingerprint density at radius 2 is 2.00 bits per heavy atom. The lowest BCUT2D eigenvalue weighted by Crippen LogP contribution is -2.46. The number of pyridine rings is 1. The molecule has 130 valence electrons. The van der Waals surface area contributed by atoms with E-state index in [2.05, 4.69) is 4.98 Å². The van der Waals surface area contributed by atoms with E-state index >= 15 is 0 Å². The Labute approximate surface area is 143 Å². The molecule has 0 bridgehead atoms. The first-order valence-corrected chi connectivity index (χ1v) is 8.81. The van der Waals surface area contributed by atoms with Crippen LogP contribution in [0.2, 0.25) is 0 Å². The summed E-state index contributed by atoms with van der Waals surface area (Å²) in [6.45, 7) is 4.45. The first-order chi connectivity index (χ1) is 11.4. The number of ether oxygens (including phenoxy) is 1. The summed E-state index contributed by atoms with van der Waals surface area (Å²) in [6.07, 6.45) is 5.04. The minimum absolute atomic E-state index is 0.00343. The molecule has 2 aliphatic rings. The van der Waals surface area contributed by atoms with Crippen molar-refractivity contribution in [1.29, 1.82) is 0 Å². The molecular weight excluding hydrogens is 304 g/mol. The summed E-state index contributed by atoms with van der Waals surface area (Å²) in [5.41, 5.74) is 2.41. The van der Waals surface area contributed by atoms with Gasteiger partial charge in [-0.15, -0.1) is 0 Å². The smallest absolute Gasteiger partial charge is 0.307 e. The summed E-state index contributed by atoms with van der Waals surface area (Å²) < 4.78 is 5.66. The Morgan fingerprint density at radius 3 is 2.67 bits per heavy atom. The molecule has 24 heavy (non-hydrogen) atoms. The predicted molar refractivity (Wildman–Crippen MR) is 90.2 cm³/mol. The lowest BCUT2D eigenvalue weighted by Gasteiger charge is -2.37. The molecule has 0 aromatic carbocycles. The summed E-state index contributed by atoms with van der Waals surface area (Å²) >= 11 is 0. The van der Waals surface area contributed by atoms with Crippen molar-refractivity contribution in [3.63, 3.8) is 0 Å². The number of carbonyl (C=O) groups excluding carboxylic acids is 2.